The second-order valence-corrected chi connectivity index (χ2v) is 5.07. The zero-order chi connectivity index (χ0) is 12.2. The van der Waals surface area contributed by atoms with Crippen molar-refractivity contribution in [3.8, 4) is 0 Å². The third kappa shape index (κ3) is 2.76. The van der Waals surface area contributed by atoms with Crippen LogP contribution in [-0.4, -0.2) is 35.1 Å². The standard InChI is InChI=1S/C13H25NO2/c1-4-7-11(12(15)16)14-9-8-13(5-2,6-3)10-14/h11H,4-10H2,1-3H3,(H,15,16). The van der Waals surface area contributed by atoms with E-state index in [1.54, 1.807) is 0 Å². The summed E-state index contributed by atoms with van der Waals surface area (Å²) in [7, 11) is 0. The van der Waals surface area contributed by atoms with Crippen LogP contribution in [-0.2, 0) is 4.79 Å². The molecule has 1 unspecified atom stereocenters. The van der Waals surface area contributed by atoms with Crippen molar-refractivity contribution in [2.24, 2.45) is 5.41 Å². The molecular formula is C13H25NO2. The maximum atomic E-state index is 11.2. The Morgan fingerprint density at radius 3 is 2.38 bits per heavy atom. The number of nitrogens with zero attached hydrogens (tertiary/aromatic N) is 1. The summed E-state index contributed by atoms with van der Waals surface area (Å²) in [5.41, 5.74) is 0.376. The zero-order valence-corrected chi connectivity index (χ0v) is 10.8. The molecule has 0 aliphatic carbocycles. The van der Waals surface area contributed by atoms with E-state index in [0.29, 0.717) is 5.41 Å². The molecule has 0 aromatic rings. The molecule has 0 bridgehead atoms. The fourth-order valence-electron chi connectivity index (χ4n) is 2.80. The van der Waals surface area contributed by atoms with E-state index in [9.17, 15) is 9.90 Å². The maximum Gasteiger partial charge on any atom is 0.320 e. The van der Waals surface area contributed by atoms with Crippen molar-refractivity contribution in [1.82, 2.24) is 4.90 Å². The molecule has 1 rings (SSSR count). The lowest BCUT2D eigenvalue weighted by atomic mass is 9.82. The molecule has 0 aromatic heterocycles. The van der Waals surface area contributed by atoms with E-state index in [1.807, 2.05) is 0 Å². The van der Waals surface area contributed by atoms with Crippen molar-refractivity contribution in [3.63, 3.8) is 0 Å². The van der Waals surface area contributed by atoms with Crippen LogP contribution in [0.4, 0.5) is 0 Å². The topological polar surface area (TPSA) is 40.5 Å². The number of hydrogen-bond donors (Lipinski definition) is 1. The average molecular weight is 227 g/mol. The van der Waals surface area contributed by atoms with Gasteiger partial charge in [-0.15, -0.1) is 0 Å². The molecule has 1 atom stereocenters. The summed E-state index contributed by atoms with van der Waals surface area (Å²) in [5, 5.41) is 9.24. The van der Waals surface area contributed by atoms with E-state index in [2.05, 4.69) is 25.7 Å². The molecular weight excluding hydrogens is 202 g/mol. The van der Waals surface area contributed by atoms with Crippen LogP contribution in [0, 0.1) is 5.41 Å². The maximum absolute atomic E-state index is 11.2. The lowest BCUT2D eigenvalue weighted by molar-refractivity contribution is -0.143. The highest BCUT2D eigenvalue weighted by molar-refractivity contribution is 5.73. The van der Waals surface area contributed by atoms with Gasteiger partial charge in [-0.25, -0.2) is 0 Å². The third-order valence-corrected chi connectivity index (χ3v) is 4.26. The largest absolute Gasteiger partial charge is 0.480 e. The highest BCUT2D eigenvalue weighted by Crippen LogP contribution is 2.38. The predicted octanol–water partition coefficient (Wildman–Crippen LogP) is 2.75. The molecule has 16 heavy (non-hydrogen) atoms. The first-order valence-corrected chi connectivity index (χ1v) is 6.55. The van der Waals surface area contributed by atoms with Gasteiger partial charge in [-0.2, -0.15) is 0 Å². The number of likely N-dealkylation sites (tertiary alicyclic amines) is 1. The van der Waals surface area contributed by atoms with Gasteiger partial charge in [0, 0.05) is 6.54 Å². The fourth-order valence-corrected chi connectivity index (χ4v) is 2.80. The Morgan fingerprint density at radius 1 is 1.38 bits per heavy atom. The Hall–Kier alpha value is -0.570. The van der Waals surface area contributed by atoms with Gasteiger partial charge in [0.05, 0.1) is 0 Å². The summed E-state index contributed by atoms with van der Waals surface area (Å²) in [6.07, 6.45) is 5.21. The molecule has 1 aliphatic heterocycles. The molecule has 1 fully saturated rings. The lowest BCUT2D eigenvalue weighted by Gasteiger charge is -2.29. The van der Waals surface area contributed by atoms with E-state index in [1.165, 1.54) is 12.8 Å². The minimum absolute atomic E-state index is 0.259. The molecule has 0 amide bonds. The van der Waals surface area contributed by atoms with Gasteiger partial charge in [0.2, 0.25) is 0 Å². The minimum atomic E-state index is -0.648. The second-order valence-electron chi connectivity index (χ2n) is 5.07. The Balaban J connectivity index is 2.65. The summed E-state index contributed by atoms with van der Waals surface area (Å²) < 4.78 is 0. The van der Waals surface area contributed by atoms with Crippen molar-refractivity contribution in [2.45, 2.75) is 58.9 Å². The highest BCUT2D eigenvalue weighted by Gasteiger charge is 2.39. The normalized spacial score (nSPS) is 22.2. The Kier molecular flexibility index (Phi) is 4.78. The number of carboxylic acid groups (broad SMARTS) is 1. The number of aliphatic carboxylic acids is 1. The number of carbonyl (C=O) groups is 1. The smallest absolute Gasteiger partial charge is 0.320 e. The lowest BCUT2D eigenvalue weighted by Crippen LogP contribution is -2.40. The van der Waals surface area contributed by atoms with Gasteiger partial charge in [-0.3, -0.25) is 9.69 Å². The monoisotopic (exact) mass is 227 g/mol. The number of carboxylic acids is 1. The van der Waals surface area contributed by atoms with Crippen molar-refractivity contribution in [3.05, 3.63) is 0 Å². The van der Waals surface area contributed by atoms with E-state index in [4.69, 9.17) is 0 Å². The molecule has 94 valence electrons. The van der Waals surface area contributed by atoms with Crippen LogP contribution in [0.1, 0.15) is 52.9 Å². The summed E-state index contributed by atoms with van der Waals surface area (Å²) in [4.78, 5) is 13.4. The molecule has 1 N–H and O–H groups in total. The van der Waals surface area contributed by atoms with E-state index < -0.39 is 5.97 Å². The first-order chi connectivity index (χ1) is 7.58. The van der Waals surface area contributed by atoms with E-state index in [-0.39, 0.29) is 6.04 Å². The molecule has 1 aliphatic rings. The van der Waals surface area contributed by atoms with Crippen molar-refractivity contribution in [2.75, 3.05) is 13.1 Å². The van der Waals surface area contributed by atoms with Crippen molar-refractivity contribution >= 4 is 5.97 Å². The van der Waals surface area contributed by atoms with Crippen LogP contribution in [0.15, 0.2) is 0 Å². The van der Waals surface area contributed by atoms with Crippen LogP contribution < -0.4 is 0 Å². The van der Waals surface area contributed by atoms with Crippen LogP contribution >= 0.6 is 0 Å². The SMILES string of the molecule is CCCC(C(=O)O)N1CCC(CC)(CC)C1. The van der Waals surface area contributed by atoms with Crippen LogP contribution in [0.5, 0.6) is 0 Å². The molecule has 0 saturated carbocycles. The molecule has 3 heteroatoms. The van der Waals surface area contributed by atoms with E-state index >= 15 is 0 Å². The van der Waals surface area contributed by atoms with E-state index in [0.717, 1.165) is 32.4 Å². The predicted molar refractivity (Wildman–Crippen MR) is 65.5 cm³/mol. The van der Waals surface area contributed by atoms with Gasteiger partial charge in [0.1, 0.15) is 6.04 Å². The Bertz CT molecular complexity index is 236. The molecule has 1 saturated heterocycles. The fraction of sp³-hybridized carbons (Fsp3) is 0.923. The van der Waals surface area contributed by atoms with Gasteiger partial charge in [-0.05, 0) is 37.6 Å². The van der Waals surface area contributed by atoms with Crippen molar-refractivity contribution < 1.29 is 9.90 Å². The van der Waals surface area contributed by atoms with Gasteiger partial charge >= 0.3 is 5.97 Å². The van der Waals surface area contributed by atoms with Crippen LogP contribution in [0.2, 0.25) is 0 Å². The van der Waals surface area contributed by atoms with Gasteiger partial charge < -0.3 is 5.11 Å². The first-order valence-electron chi connectivity index (χ1n) is 6.55. The average Bonchev–Trinajstić information content (AvgIpc) is 2.70. The molecule has 1 heterocycles. The zero-order valence-electron chi connectivity index (χ0n) is 10.8. The van der Waals surface area contributed by atoms with Gasteiger partial charge in [0.15, 0.2) is 0 Å². The molecule has 0 aromatic carbocycles. The minimum Gasteiger partial charge on any atom is -0.480 e. The number of hydrogen-bond acceptors (Lipinski definition) is 2. The summed E-state index contributed by atoms with van der Waals surface area (Å²) >= 11 is 0. The summed E-state index contributed by atoms with van der Waals surface area (Å²) in [6, 6.07) is -0.259. The molecule has 0 spiro atoms. The Morgan fingerprint density at radius 2 is 2.00 bits per heavy atom. The first kappa shape index (κ1) is 13.5. The van der Waals surface area contributed by atoms with Gasteiger partial charge in [-0.1, -0.05) is 27.2 Å². The summed E-state index contributed by atoms with van der Waals surface area (Å²) in [6.45, 7) is 8.43. The van der Waals surface area contributed by atoms with Crippen LogP contribution in [0.3, 0.4) is 0 Å². The second kappa shape index (κ2) is 5.67. The molecule has 3 nitrogen and oxygen atoms in total. The van der Waals surface area contributed by atoms with Gasteiger partial charge in [0.25, 0.3) is 0 Å². The van der Waals surface area contributed by atoms with Crippen molar-refractivity contribution in [1.29, 1.82) is 0 Å². The highest BCUT2D eigenvalue weighted by atomic mass is 16.4. The number of rotatable bonds is 6. The molecule has 0 radical (unpaired) electrons. The third-order valence-electron chi connectivity index (χ3n) is 4.26. The quantitative estimate of drug-likeness (QED) is 0.758. The Labute approximate surface area is 98.8 Å². The van der Waals surface area contributed by atoms with Crippen LogP contribution in [0.25, 0.3) is 0 Å². The summed E-state index contributed by atoms with van der Waals surface area (Å²) in [5.74, 6) is -0.648.